The van der Waals surface area contributed by atoms with Crippen molar-refractivity contribution in [2.24, 2.45) is 5.92 Å². The van der Waals surface area contributed by atoms with Crippen LogP contribution in [0.4, 0.5) is 10.5 Å². The van der Waals surface area contributed by atoms with Crippen LogP contribution in [0.5, 0.6) is 0 Å². The van der Waals surface area contributed by atoms with Crippen molar-refractivity contribution in [3.05, 3.63) is 22.9 Å². The minimum absolute atomic E-state index is 0.0838. The van der Waals surface area contributed by atoms with Gasteiger partial charge in [-0.05, 0) is 40.8 Å². The standard InChI is InChI=1S/C20H26BrN5O3/c21-15-12-23-18-14(6-7-22-18)17(15)25-8-10-26(11-9-25)19(27)16(24-20(28)29)13-4-2-1-3-5-13/h6-7,12-13,16,24H,1-5,8-11H2,(H,22,23)(H,28,29). The summed E-state index contributed by atoms with van der Waals surface area (Å²) in [6, 6.07) is 1.37. The van der Waals surface area contributed by atoms with Crippen molar-refractivity contribution in [3.63, 3.8) is 0 Å². The number of carboxylic acid groups (broad SMARTS) is 1. The Hall–Kier alpha value is -2.29. The van der Waals surface area contributed by atoms with Crippen molar-refractivity contribution >= 4 is 44.7 Å². The number of aromatic nitrogens is 2. The van der Waals surface area contributed by atoms with Crippen molar-refractivity contribution in [1.82, 2.24) is 20.2 Å². The first-order valence-corrected chi connectivity index (χ1v) is 11.0. The Labute approximate surface area is 177 Å². The smallest absolute Gasteiger partial charge is 0.405 e. The number of amides is 2. The van der Waals surface area contributed by atoms with Gasteiger partial charge >= 0.3 is 6.09 Å². The summed E-state index contributed by atoms with van der Waals surface area (Å²) in [7, 11) is 0. The minimum atomic E-state index is -1.12. The highest BCUT2D eigenvalue weighted by Crippen LogP contribution is 2.34. The lowest BCUT2D eigenvalue weighted by Gasteiger charge is -2.39. The first-order valence-electron chi connectivity index (χ1n) is 10.2. The number of nitrogens with one attached hydrogen (secondary N) is 2. The van der Waals surface area contributed by atoms with Crippen LogP contribution in [0.3, 0.4) is 0 Å². The zero-order valence-corrected chi connectivity index (χ0v) is 17.8. The fourth-order valence-electron chi connectivity index (χ4n) is 4.62. The summed E-state index contributed by atoms with van der Waals surface area (Å²) >= 11 is 3.61. The van der Waals surface area contributed by atoms with E-state index >= 15 is 0 Å². The molecule has 1 aliphatic carbocycles. The maximum atomic E-state index is 13.2. The molecule has 1 atom stereocenters. The van der Waals surface area contributed by atoms with Gasteiger partial charge in [0.2, 0.25) is 5.91 Å². The van der Waals surface area contributed by atoms with Crippen LogP contribution in [0.15, 0.2) is 22.9 Å². The first kappa shape index (κ1) is 20.0. The van der Waals surface area contributed by atoms with E-state index in [1.165, 1.54) is 0 Å². The van der Waals surface area contributed by atoms with Gasteiger partial charge in [-0.1, -0.05) is 19.3 Å². The molecule has 2 aromatic rings. The normalized spacial score (nSPS) is 19.3. The quantitative estimate of drug-likeness (QED) is 0.645. The maximum Gasteiger partial charge on any atom is 0.405 e. The molecule has 0 bridgehead atoms. The summed E-state index contributed by atoms with van der Waals surface area (Å²) in [6.45, 7) is 2.53. The molecule has 1 unspecified atom stereocenters. The van der Waals surface area contributed by atoms with E-state index in [1.807, 2.05) is 17.2 Å². The fourth-order valence-corrected chi connectivity index (χ4v) is 5.19. The number of carbonyl (C=O) groups excluding carboxylic acids is 1. The van der Waals surface area contributed by atoms with Crippen LogP contribution in [0.25, 0.3) is 11.0 Å². The largest absolute Gasteiger partial charge is 0.465 e. The molecule has 0 radical (unpaired) electrons. The van der Waals surface area contributed by atoms with Gasteiger partial charge in [0.25, 0.3) is 0 Å². The average molecular weight is 464 g/mol. The Kier molecular flexibility index (Phi) is 5.94. The molecule has 29 heavy (non-hydrogen) atoms. The predicted molar refractivity (Wildman–Crippen MR) is 114 cm³/mol. The number of anilines is 1. The summed E-state index contributed by atoms with van der Waals surface area (Å²) in [6.07, 6.45) is 7.65. The molecular weight excluding hydrogens is 438 g/mol. The van der Waals surface area contributed by atoms with E-state index < -0.39 is 12.1 Å². The second kappa shape index (κ2) is 8.61. The number of piperazine rings is 1. The van der Waals surface area contributed by atoms with E-state index in [2.05, 4.69) is 36.1 Å². The molecule has 2 fully saturated rings. The van der Waals surface area contributed by atoms with Gasteiger partial charge in [0.05, 0.1) is 10.2 Å². The molecule has 1 saturated carbocycles. The predicted octanol–water partition coefficient (Wildman–Crippen LogP) is 3.19. The number of pyridine rings is 1. The molecular formula is C20H26BrN5O3. The molecule has 2 aromatic heterocycles. The number of nitrogens with zero attached hydrogens (tertiary/aromatic N) is 3. The van der Waals surface area contributed by atoms with Crippen LogP contribution in [0.2, 0.25) is 0 Å². The summed E-state index contributed by atoms with van der Waals surface area (Å²) in [5.41, 5.74) is 1.92. The summed E-state index contributed by atoms with van der Waals surface area (Å²) in [5.74, 6) is 0.0127. The lowest BCUT2D eigenvalue weighted by molar-refractivity contribution is -0.135. The van der Waals surface area contributed by atoms with Gasteiger partial charge in [-0.15, -0.1) is 0 Å². The van der Waals surface area contributed by atoms with E-state index in [0.29, 0.717) is 26.2 Å². The number of hydrogen-bond acceptors (Lipinski definition) is 4. The highest BCUT2D eigenvalue weighted by molar-refractivity contribution is 9.10. The summed E-state index contributed by atoms with van der Waals surface area (Å²) in [5, 5.41) is 12.8. The van der Waals surface area contributed by atoms with Crippen LogP contribution in [-0.4, -0.2) is 64.2 Å². The molecule has 0 spiro atoms. The number of fused-ring (bicyclic) bond motifs is 1. The third kappa shape index (κ3) is 4.19. The molecule has 1 saturated heterocycles. The molecule has 2 aliphatic rings. The number of halogens is 1. The van der Waals surface area contributed by atoms with Gasteiger partial charge in [-0.3, -0.25) is 4.79 Å². The monoisotopic (exact) mass is 463 g/mol. The van der Waals surface area contributed by atoms with Crippen molar-refractivity contribution < 1.29 is 14.7 Å². The number of hydrogen-bond donors (Lipinski definition) is 3. The zero-order valence-electron chi connectivity index (χ0n) is 16.2. The van der Waals surface area contributed by atoms with Crippen LogP contribution in [-0.2, 0) is 4.79 Å². The van der Waals surface area contributed by atoms with Gasteiger partial charge < -0.3 is 25.2 Å². The van der Waals surface area contributed by atoms with Gasteiger partial charge in [0.15, 0.2) is 0 Å². The van der Waals surface area contributed by atoms with Gasteiger partial charge in [-0.25, -0.2) is 9.78 Å². The summed E-state index contributed by atoms with van der Waals surface area (Å²) < 4.78 is 0.928. The fraction of sp³-hybridized carbons (Fsp3) is 0.550. The first-order chi connectivity index (χ1) is 14.0. The number of H-pyrrole nitrogens is 1. The van der Waals surface area contributed by atoms with E-state index in [1.54, 1.807) is 6.20 Å². The second-order valence-corrected chi connectivity index (χ2v) is 8.69. The molecule has 3 N–H and O–H groups in total. The van der Waals surface area contributed by atoms with Gasteiger partial charge in [0, 0.05) is 44.0 Å². The third-order valence-corrected chi connectivity index (χ3v) is 6.67. The van der Waals surface area contributed by atoms with Crippen molar-refractivity contribution in [2.45, 2.75) is 38.1 Å². The topological polar surface area (TPSA) is 102 Å². The number of aromatic amines is 1. The Balaban J connectivity index is 1.46. The Morgan fingerprint density at radius 2 is 1.93 bits per heavy atom. The molecule has 1 aliphatic heterocycles. The molecule has 3 heterocycles. The summed E-state index contributed by atoms with van der Waals surface area (Å²) in [4.78, 5) is 36.1. The van der Waals surface area contributed by atoms with Crippen LogP contribution in [0.1, 0.15) is 32.1 Å². The van der Waals surface area contributed by atoms with E-state index in [-0.39, 0.29) is 11.8 Å². The van der Waals surface area contributed by atoms with Crippen molar-refractivity contribution in [3.8, 4) is 0 Å². The zero-order chi connectivity index (χ0) is 20.4. The highest BCUT2D eigenvalue weighted by atomic mass is 79.9. The Morgan fingerprint density at radius 1 is 1.21 bits per heavy atom. The van der Waals surface area contributed by atoms with E-state index in [0.717, 1.165) is 53.3 Å². The van der Waals surface area contributed by atoms with Gasteiger partial charge in [-0.2, -0.15) is 0 Å². The SMILES string of the molecule is O=C(O)NC(C(=O)N1CCN(c2c(Br)cnc3[nH]ccc23)CC1)C1CCCCC1. The molecule has 8 nitrogen and oxygen atoms in total. The van der Waals surface area contributed by atoms with E-state index in [4.69, 9.17) is 0 Å². The molecule has 4 rings (SSSR count). The van der Waals surface area contributed by atoms with Crippen molar-refractivity contribution in [1.29, 1.82) is 0 Å². The van der Waals surface area contributed by atoms with Crippen molar-refractivity contribution in [2.75, 3.05) is 31.1 Å². The lowest BCUT2D eigenvalue weighted by atomic mass is 9.83. The average Bonchev–Trinajstić information content (AvgIpc) is 3.21. The molecule has 9 heteroatoms. The van der Waals surface area contributed by atoms with E-state index in [9.17, 15) is 14.7 Å². The highest BCUT2D eigenvalue weighted by Gasteiger charge is 2.35. The van der Waals surface area contributed by atoms with Crippen LogP contribution in [0, 0.1) is 5.92 Å². The van der Waals surface area contributed by atoms with Crippen LogP contribution < -0.4 is 10.2 Å². The number of carbonyl (C=O) groups is 2. The Morgan fingerprint density at radius 3 is 2.62 bits per heavy atom. The van der Waals surface area contributed by atoms with Gasteiger partial charge in [0.1, 0.15) is 11.7 Å². The molecule has 156 valence electrons. The maximum absolute atomic E-state index is 13.2. The molecule has 0 aromatic carbocycles. The molecule has 2 amide bonds. The lowest BCUT2D eigenvalue weighted by Crippen LogP contribution is -2.57. The minimum Gasteiger partial charge on any atom is -0.465 e. The second-order valence-electron chi connectivity index (χ2n) is 7.83. The Bertz CT molecular complexity index is 887. The van der Waals surface area contributed by atoms with Crippen LogP contribution >= 0.6 is 15.9 Å². The number of rotatable bonds is 4. The third-order valence-electron chi connectivity index (χ3n) is 6.09.